The van der Waals surface area contributed by atoms with Gasteiger partial charge in [-0.1, -0.05) is 0 Å². The van der Waals surface area contributed by atoms with Gasteiger partial charge in [0, 0.05) is 6.42 Å². The number of terminal acetylenes is 1. The van der Waals surface area contributed by atoms with Gasteiger partial charge in [-0.15, -0.1) is 12.3 Å². The number of hydrogen-bond donors (Lipinski definition) is 3. The summed E-state index contributed by atoms with van der Waals surface area (Å²) < 4.78 is 29.1. The topological polar surface area (TPSA) is 118 Å². The molecule has 0 bridgehead atoms. The van der Waals surface area contributed by atoms with Crippen molar-refractivity contribution in [1.82, 2.24) is 0 Å². The van der Waals surface area contributed by atoms with Crippen molar-refractivity contribution >= 4 is 24.2 Å². The quantitative estimate of drug-likeness (QED) is 0.406. The molecule has 3 unspecified atom stereocenters. The first-order valence-corrected chi connectivity index (χ1v) is 8.68. The maximum absolute atomic E-state index is 11.1. The lowest BCUT2D eigenvalue weighted by molar-refractivity contribution is 0.184. The van der Waals surface area contributed by atoms with Gasteiger partial charge in [-0.05, 0) is 12.8 Å². The minimum Gasteiger partial charge on any atom is -0.318 e. The molecule has 1 aliphatic rings. The Kier molecular flexibility index (Phi) is 5.75. The lowest BCUT2D eigenvalue weighted by Gasteiger charge is -2.28. The Bertz CT molecular complexity index is 370. The smallest absolute Gasteiger partial charge is 0.318 e. The van der Waals surface area contributed by atoms with Gasteiger partial charge in [0.2, 0.25) is 0 Å². The van der Waals surface area contributed by atoms with Gasteiger partial charge in [0.05, 0.1) is 6.61 Å². The van der Waals surface area contributed by atoms with Crippen molar-refractivity contribution in [3.63, 3.8) is 0 Å². The normalized spacial score (nSPS) is 37.6. The van der Waals surface area contributed by atoms with E-state index in [-0.39, 0.29) is 6.61 Å². The van der Waals surface area contributed by atoms with Crippen LogP contribution in [0.2, 0.25) is 0 Å². The molecule has 3 N–H and O–H groups in total. The molecule has 0 aromatic carbocycles. The molecule has 0 spiro atoms. The van der Waals surface area contributed by atoms with Crippen LogP contribution in [0.5, 0.6) is 0 Å². The van der Waals surface area contributed by atoms with Gasteiger partial charge in [-0.2, -0.15) is 0 Å². The van der Waals surface area contributed by atoms with Crippen LogP contribution in [-0.2, 0) is 22.0 Å². The van der Waals surface area contributed by atoms with E-state index in [2.05, 4.69) is 18.9 Å². The molecular weight excluding hydrogens is 291 g/mol. The summed E-state index contributed by atoms with van der Waals surface area (Å²) in [6, 6.07) is 0. The molecule has 98 valence electrons. The predicted molar refractivity (Wildman–Crippen MR) is 60.5 cm³/mol. The van der Waals surface area contributed by atoms with Crippen LogP contribution in [-0.4, -0.2) is 16.4 Å². The van der Waals surface area contributed by atoms with Gasteiger partial charge >= 0.3 is 24.2 Å². The van der Waals surface area contributed by atoms with E-state index in [1.807, 2.05) is 0 Å². The van der Waals surface area contributed by atoms with Crippen molar-refractivity contribution in [2.24, 2.45) is 0 Å². The lowest BCUT2D eigenvalue weighted by Crippen LogP contribution is -2.03. The Hall–Kier alpha value is 0.210. The Balaban J connectivity index is 2.36. The van der Waals surface area contributed by atoms with Crippen LogP contribution in [0.1, 0.15) is 19.3 Å². The van der Waals surface area contributed by atoms with E-state index in [0.29, 0.717) is 12.8 Å². The van der Waals surface area contributed by atoms with E-state index in [0.717, 1.165) is 6.42 Å². The van der Waals surface area contributed by atoms with Crippen LogP contribution in [0, 0.1) is 17.5 Å². The predicted octanol–water partition coefficient (Wildman–Crippen LogP) is 2.71. The first-order valence-electron chi connectivity index (χ1n) is 4.52. The molecule has 0 saturated carbocycles. The van der Waals surface area contributed by atoms with Crippen LogP contribution in [0.15, 0.2) is 0 Å². The second-order valence-corrected chi connectivity index (χ2v) is 7.59. The third-order valence-electron chi connectivity index (χ3n) is 1.47. The molecule has 1 heterocycles. The lowest BCUT2D eigenvalue weighted by atomic mass is 10.2. The van der Waals surface area contributed by atoms with Crippen molar-refractivity contribution in [3.8, 4) is 12.3 Å². The minimum absolute atomic E-state index is 0.188. The minimum atomic E-state index is -4.47. The van der Waals surface area contributed by atoms with Crippen LogP contribution in [0.4, 0.5) is 0 Å². The molecule has 0 aliphatic carbocycles. The van der Waals surface area contributed by atoms with Crippen molar-refractivity contribution in [2.45, 2.75) is 19.3 Å². The standard InChI is InChI=1S/C6H12NO7P3/c1-2-3-4-5-6-11-15-12-16(7,8)14-17(9,10)13-15/h1H,3-6H2,(H2,7,8)(H,9,10). The van der Waals surface area contributed by atoms with Gasteiger partial charge < -0.3 is 14.3 Å². The van der Waals surface area contributed by atoms with E-state index in [4.69, 9.17) is 25.9 Å². The number of nitrogens with one attached hydrogen (secondary N) is 1. The molecule has 17 heavy (non-hydrogen) atoms. The van der Waals surface area contributed by atoms with E-state index < -0.39 is 24.2 Å². The van der Waals surface area contributed by atoms with Gasteiger partial charge in [-0.25, -0.2) is 22.7 Å². The Labute approximate surface area is 99.9 Å². The molecule has 1 aliphatic heterocycles. The van der Waals surface area contributed by atoms with E-state index in [1.165, 1.54) is 0 Å². The highest BCUT2D eigenvalue weighted by atomic mass is 31.3. The molecule has 1 saturated heterocycles. The van der Waals surface area contributed by atoms with Crippen molar-refractivity contribution in [2.75, 3.05) is 6.61 Å². The number of hydrogen-bond acceptors (Lipinski definition) is 6. The number of rotatable bonds is 5. The van der Waals surface area contributed by atoms with E-state index >= 15 is 0 Å². The second kappa shape index (κ2) is 6.40. The molecule has 0 amide bonds. The average Bonchev–Trinajstić information content (AvgIpc) is 2.12. The summed E-state index contributed by atoms with van der Waals surface area (Å²) in [6.07, 6.45) is 6.99. The Morgan fingerprint density at radius 3 is 2.71 bits per heavy atom. The van der Waals surface area contributed by atoms with Crippen LogP contribution in [0.25, 0.3) is 0 Å². The average molecular weight is 303 g/mol. The monoisotopic (exact) mass is 303 g/mol. The first-order chi connectivity index (χ1) is 7.85. The summed E-state index contributed by atoms with van der Waals surface area (Å²) in [7, 11) is -10.8. The maximum Gasteiger partial charge on any atom is 0.486 e. The molecule has 0 aromatic rings. The summed E-state index contributed by atoms with van der Waals surface area (Å²) in [4.78, 5) is 18.2. The highest BCUT2D eigenvalue weighted by molar-refractivity contribution is 7.73. The molecule has 8 nitrogen and oxygen atoms in total. The summed E-state index contributed by atoms with van der Waals surface area (Å²) in [5, 5.41) is 7.08. The third kappa shape index (κ3) is 6.08. The summed E-state index contributed by atoms with van der Waals surface area (Å²) >= 11 is 0. The fraction of sp³-hybridized carbons (Fsp3) is 0.667. The first kappa shape index (κ1) is 15.3. The van der Waals surface area contributed by atoms with Crippen molar-refractivity contribution in [3.05, 3.63) is 0 Å². The fourth-order valence-electron chi connectivity index (χ4n) is 0.875. The number of unbranched alkanes of at least 4 members (excludes halogenated alkanes) is 2. The van der Waals surface area contributed by atoms with Crippen molar-refractivity contribution in [1.29, 1.82) is 5.16 Å². The summed E-state index contributed by atoms with van der Waals surface area (Å²) in [5.74, 6) is 2.45. The van der Waals surface area contributed by atoms with Gasteiger partial charge in [0.15, 0.2) is 0 Å². The van der Waals surface area contributed by atoms with Crippen LogP contribution in [0.3, 0.4) is 0 Å². The number of phosphoric acid groups is 1. The molecule has 3 atom stereocenters. The SMILES string of the molecule is C#CCCCCOP1OP(=N)(O)OP(=O)(O)O1. The largest absolute Gasteiger partial charge is 0.486 e. The molecule has 1 rings (SSSR count). The van der Waals surface area contributed by atoms with Crippen molar-refractivity contribution < 1.29 is 31.8 Å². The van der Waals surface area contributed by atoms with E-state index in [1.54, 1.807) is 0 Å². The molecule has 0 radical (unpaired) electrons. The highest BCUT2D eigenvalue weighted by Crippen LogP contribution is 2.76. The van der Waals surface area contributed by atoms with Gasteiger partial charge in [-0.3, -0.25) is 0 Å². The van der Waals surface area contributed by atoms with Gasteiger partial charge in [0.25, 0.3) is 0 Å². The molecule has 1 fully saturated rings. The summed E-state index contributed by atoms with van der Waals surface area (Å²) in [5.41, 5.74) is 0. The molecular formula is C6H12NO7P3. The Morgan fingerprint density at radius 1 is 1.41 bits per heavy atom. The maximum atomic E-state index is 11.1. The third-order valence-corrected chi connectivity index (χ3v) is 6.35. The second-order valence-electron chi connectivity index (χ2n) is 2.95. The van der Waals surface area contributed by atoms with Crippen LogP contribution < -0.4 is 0 Å². The zero-order valence-corrected chi connectivity index (χ0v) is 11.4. The Morgan fingerprint density at radius 2 is 2.12 bits per heavy atom. The fourth-order valence-corrected chi connectivity index (χ4v) is 5.21. The summed E-state index contributed by atoms with van der Waals surface area (Å²) in [6.45, 7) is 0.188. The molecule has 0 aromatic heterocycles. The van der Waals surface area contributed by atoms with E-state index in [9.17, 15) is 4.57 Å². The highest BCUT2D eigenvalue weighted by Gasteiger charge is 2.44. The molecule has 11 heteroatoms. The zero-order chi connectivity index (χ0) is 12.9. The van der Waals surface area contributed by atoms with Crippen LogP contribution >= 0.6 is 24.2 Å². The zero-order valence-electron chi connectivity index (χ0n) is 8.68. The van der Waals surface area contributed by atoms with Gasteiger partial charge in [0.1, 0.15) is 0 Å².